The fraction of sp³-hybridized carbons (Fsp3) is 0.714. The van der Waals surface area contributed by atoms with Gasteiger partial charge in [-0.1, -0.05) is 18.2 Å². The van der Waals surface area contributed by atoms with Gasteiger partial charge < -0.3 is 14.4 Å². The quantitative estimate of drug-likeness (QED) is 0.837. The minimum absolute atomic E-state index is 0.120. The molecule has 0 bridgehead atoms. The number of likely N-dealkylation sites (N-methyl/N-ethyl adjacent to an activating group) is 1. The zero-order valence-corrected chi connectivity index (χ0v) is 15.5. The van der Waals surface area contributed by atoms with Gasteiger partial charge in [0.25, 0.3) is 0 Å². The van der Waals surface area contributed by atoms with E-state index < -0.39 is 0 Å². The summed E-state index contributed by atoms with van der Waals surface area (Å²) in [5.74, 6) is 0. The Labute approximate surface area is 152 Å². The van der Waals surface area contributed by atoms with E-state index in [1.165, 1.54) is 50.9 Å². The molecule has 1 spiro atoms. The molecule has 3 saturated heterocycles. The number of hydrogen-bond acceptors (Lipinski definition) is 4. The SMILES string of the molecule is CCN(c1ccccc1)C1COC2(CCN(C3CCOCC3)CC2)C1. The summed E-state index contributed by atoms with van der Waals surface area (Å²) in [6, 6.07) is 12.1. The monoisotopic (exact) mass is 344 g/mol. The summed E-state index contributed by atoms with van der Waals surface area (Å²) in [4.78, 5) is 5.22. The first kappa shape index (κ1) is 17.3. The van der Waals surface area contributed by atoms with Crippen molar-refractivity contribution < 1.29 is 9.47 Å². The molecule has 3 fully saturated rings. The summed E-state index contributed by atoms with van der Waals surface area (Å²) in [5.41, 5.74) is 1.45. The average molecular weight is 344 g/mol. The van der Waals surface area contributed by atoms with Crippen molar-refractivity contribution in [3.63, 3.8) is 0 Å². The molecule has 1 aromatic rings. The predicted octanol–water partition coefficient (Wildman–Crippen LogP) is 3.32. The maximum atomic E-state index is 6.44. The third kappa shape index (κ3) is 3.71. The second-order valence-corrected chi connectivity index (χ2v) is 7.85. The van der Waals surface area contributed by atoms with E-state index in [0.29, 0.717) is 6.04 Å². The molecule has 0 amide bonds. The lowest BCUT2D eigenvalue weighted by Crippen LogP contribution is -2.50. The van der Waals surface area contributed by atoms with Crippen LogP contribution in [0.5, 0.6) is 0 Å². The van der Waals surface area contributed by atoms with Crippen LogP contribution >= 0.6 is 0 Å². The van der Waals surface area contributed by atoms with E-state index in [1.54, 1.807) is 0 Å². The summed E-state index contributed by atoms with van der Waals surface area (Å²) in [7, 11) is 0. The largest absolute Gasteiger partial charge is 0.381 e. The van der Waals surface area contributed by atoms with Crippen LogP contribution in [0.25, 0.3) is 0 Å². The Bertz CT molecular complexity index is 536. The number of nitrogens with zero attached hydrogens (tertiary/aromatic N) is 2. The first-order chi connectivity index (χ1) is 12.3. The molecule has 1 aromatic carbocycles. The highest BCUT2D eigenvalue weighted by molar-refractivity contribution is 5.47. The van der Waals surface area contributed by atoms with Gasteiger partial charge >= 0.3 is 0 Å². The number of benzene rings is 1. The Kier molecular flexibility index (Phi) is 5.30. The van der Waals surface area contributed by atoms with Crippen molar-refractivity contribution in [3.8, 4) is 0 Å². The average Bonchev–Trinajstić information content (AvgIpc) is 3.08. The summed E-state index contributed by atoms with van der Waals surface area (Å²) in [5, 5.41) is 0. The molecule has 0 aromatic heterocycles. The van der Waals surface area contributed by atoms with Crippen molar-refractivity contribution in [2.45, 2.75) is 56.7 Å². The van der Waals surface area contributed by atoms with Gasteiger partial charge in [-0.2, -0.15) is 0 Å². The molecule has 138 valence electrons. The molecule has 0 radical (unpaired) electrons. The predicted molar refractivity (Wildman–Crippen MR) is 101 cm³/mol. The van der Waals surface area contributed by atoms with Crippen LogP contribution in [0.1, 0.15) is 39.0 Å². The van der Waals surface area contributed by atoms with Crippen LogP contribution in [0.3, 0.4) is 0 Å². The van der Waals surface area contributed by atoms with Crippen LogP contribution in [0.4, 0.5) is 5.69 Å². The summed E-state index contributed by atoms with van der Waals surface area (Å²) >= 11 is 0. The van der Waals surface area contributed by atoms with Crippen molar-refractivity contribution in [2.75, 3.05) is 44.4 Å². The highest BCUT2D eigenvalue weighted by atomic mass is 16.5. The Morgan fingerprint density at radius 2 is 1.84 bits per heavy atom. The Morgan fingerprint density at radius 3 is 2.52 bits per heavy atom. The van der Waals surface area contributed by atoms with E-state index in [-0.39, 0.29) is 5.60 Å². The minimum atomic E-state index is 0.120. The normalized spacial score (nSPS) is 27.6. The molecule has 4 rings (SSSR count). The first-order valence-electron chi connectivity index (χ1n) is 10.1. The van der Waals surface area contributed by atoms with Crippen LogP contribution in [-0.4, -0.2) is 62.0 Å². The zero-order valence-electron chi connectivity index (χ0n) is 15.5. The van der Waals surface area contributed by atoms with E-state index in [4.69, 9.17) is 9.47 Å². The Morgan fingerprint density at radius 1 is 1.12 bits per heavy atom. The molecule has 4 heteroatoms. The number of likely N-dealkylation sites (tertiary alicyclic amines) is 1. The smallest absolute Gasteiger partial charge is 0.0728 e. The van der Waals surface area contributed by atoms with E-state index in [9.17, 15) is 0 Å². The van der Waals surface area contributed by atoms with Crippen molar-refractivity contribution in [2.24, 2.45) is 0 Å². The fourth-order valence-corrected chi connectivity index (χ4v) is 4.99. The summed E-state index contributed by atoms with van der Waals surface area (Å²) < 4.78 is 12.0. The fourth-order valence-electron chi connectivity index (χ4n) is 4.99. The third-order valence-corrected chi connectivity index (χ3v) is 6.48. The molecule has 3 aliphatic rings. The molecular weight excluding hydrogens is 312 g/mol. The molecule has 3 aliphatic heterocycles. The molecule has 25 heavy (non-hydrogen) atoms. The Balaban J connectivity index is 1.36. The maximum Gasteiger partial charge on any atom is 0.0728 e. The number of ether oxygens (including phenoxy) is 2. The highest BCUT2D eigenvalue weighted by Crippen LogP contribution is 2.39. The third-order valence-electron chi connectivity index (χ3n) is 6.48. The number of para-hydroxylation sites is 1. The van der Waals surface area contributed by atoms with Gasteiger partial charge in [-0.15, -0.1) is 0 Å². The van der Waals surface area contributed by atoms with E-state index in [0.717, 1.165) is 32.4 Å². The van der Waals surface area contributed by atoms with Gasteiger partial charge in [0.05, 0.1) is 18.2 Å². The van der Waals surface area contributed by atoms with Crippen molar-refractivity contribution in [1.82, 2.24) is 4.90 Å². The number of anilines is 1. The topological polar surface area (TPSA) is 24.9 Å². The van der Waals surface area contributed by atoms with Gasteiger partial charge in [-0.05, 0) is 51.2 Å². The second kappa shape index (κ2) is 7.65. The Hall–Kier alpha value is -1.10. The molecule has 0 N–H and O–H groups in total. The van der Waals surface area contributed by atoms with Gasteiger partial charge in [-0.25, -0.2) is 0 Å². The van der Waals surface area contributed by atoms with Crippen LogP contribution in [0, 0.1) is 0 Å². The number of rotatable bonds is 4. The lowest BCUT2D eigenvalue weighted by Gasteiger charge is -2.43. The molecule has 0 saturated carbocycles. The minimum Gasteiger partial charge on any atom is -0.381 e. The molecule has 3 heterocycles. The number of hydrogen-bond donors (Lipinski definition) is 0. The van der Waals surface area contributed by atoms with Gasteiger partial charge in [0.15, 0.2) is 0 Å². The molecular formula is C21H32N2O2. The lowest BCUT2D eigenvalue weighted by atomic mass is 9.86. The lowest BCUT2D eigenvalue weighted by molar-refractivity contribution is -0.0612. The van der Waals surface area contributed by atoms with Crippen molar-refractivity contribution >= 4 is 5.69 Å². The van der Waals surface area contributed by atoms with E-state index in [1.807, 2.05) is 0 Å². The summed E-state index contributed by atoms with van der Waals surface area (Å²) in [6.45, 7) is 8.43. The maximum absolute atomic E-state index is 6.44. The second-order valence-electron chi connectivity index (χ2n) is 7.85. The van der Waals surface area contributed by atoms with Gasteiger partial charge in [0.1, 0.15) is 0 Å². The highest BCUT2D eigenvalue weighted by Gasteiger charge is 2.45. The van der Waals surface area contributed by atoms with Gasteiger partial charge in [0, 0.05) is 44.6 Å². The van der Waals surface area contributed by atoms with Gasteiger partial charge in [0.2, 0.25) is 0 Å². The van der Waals surface area contributed by atoms with Crippen molar-refractivity contribution in [3.05, 3.63) is 30.3 Å². The van der Waals surface area contributed by atoms with E-state index in [2.05, 4.69) is 47.1 Å². The molecule has 0 aliphatic carbocycles. The molecule has 1 unspecified atom stereocenters. The molecule has 1 atom stereocenters. The first-order valence-corrected chi connectivity index (χ1v) is 10.1. The van der Waals surface area contributed by atoms with Crippen LogP contribution in [0.15, 0.2) is 30.3 Å². The van der Waals surface area contributed by atoms with Crippen molar-refractivity contribution in [1.29, 1.82) is 0 Å². The van der Waals surface area contributed by atoms with Crippen LogP contribution in [-0.2, 0) is 9.47 Å². The zero-order chi connectivity index (χ0) is 17.1. The standard InChI is InChI=1S/C21H32N2O2/c1-2-23(19-6-4-3-5-7-19)20-16-21(25-17-20)10-12-22(13-11-21)18-8-14-24-15-9-18/h3-7,18,20H,2,8-17H2,1H3. The van der Waals surface area contributed by atoms with Gasteiger partial charge in [-0.3, -0.25) is 4.90 Å². The molecule has 4 nitrogen and oxygen atoms in total. The summed E-state index contributed by atoms with van der Waals surface area (Å²) in [6.07, 6.45) is 5.96. The number of piperidine rings is 1. The van der Waals surface area contributed by atoms with Crippen LogP contribution in [0.2, 0.25) is 0 Å². The van der Waals surface area contributed by atoms with Crippen LogP contribution < -0.4 is 4.90 Å². The van der Waals surface area contributed by atoms with E-state index >= 15 is 0 Å².